The molecule has 0 radical (unpaired) electrons. The van der Waals surface area contributed by atoms with Crippen LogP contribution < -0.4 is 11.1 Å². The molecule has 0 fully saturated rings. The lowest BCUT2D eigenvalue weighted by Gasteiger charge is -2.17. The van der Waals surface area contributed by atoms with Crippen LogP contribution >= 0.6 is 23.2 Å². The molecule has 0 atom stereocenters. The first kappa shape index (κ1) is 19.5. The average Bonchev–Trinajstić information content (AvgIpc) is 3.22. The maximum atomic E-state index is 6.56. The summed E-state index contributed by atoms with van der Waals surface area (Å²) in [6.07, 6.45) is 3.76. The Morgan fingerprint density at radius 1 is 0.931 bits per heavy atom. The monoisotopic (exact) mass is 422 g/mol. The Hall–Kier alpha value is -2.79. The molecule has 4 nitrogen and oxygen atoms in total. The predicted molar refractivity (Wildman–Crippen MR) is 122 cm³/mol. The van der Waals surface area contributed by atoms with Gasteiger partial charge in [-0.2, -0.15) is 0 Å². The lowest BCUT2D eigenvalue weighted by molar-refractivity contribution is 1.02. The van der Waals surface area contributed by atoms with Crippen LogP contribution in [0.1, 0.15) is 0 Å². The molecule has 4 rings (SSSR count). The molecule has 0 bridgehead atoms. The summed E-state index contributed by atoms with van der Waals surface area (Å²) >= 11 is 12.7. The molecule has 1 aromatic heterocycles. The van der Waals surface area contributed by atoms with E-state index in [1.807, 2.05) is 54.7 Å². The molecule has 0 aliphatic heterocycles. The van der Waals surface area contributed by atoms with Crippen LogP contribution in [-0.2, 0) is 0 Å². The maximum Gasteiger partial charge on any atom is 0.144 e. The highest BCUT2D eigenvalue weighted by Gasteiger charge is 2.15. The van der Waals surface area contributed by atoms with Crippen LogP contribution in [0.5, 0.6) is 0 Å². The molecule has 4 aromatic rings. The van der Waals surface area contributed by atoms with Crippen molar-refractivity contribution in [1.29, 1.82) is 0 Å². The normalized spacial score (nSPS) is 10.9. The van der Waals surface area contributed by atoms with E-state index in [4.69, 9.17) is 28.9 Å². The molecule has 0 spiro atoms. The maximum absolute atomic E-state index is 6.56. The van der Waals surface area contributed by atoms with Crippen molar-refractivity contribution in [3.63, 3.8) is 0 Å². The molecular weight excluding hydrogens is 403 g/mol. The van der Waals surface area contributed by atoms with Gasteiger partial charge in [0.25, 0.3) is 0 Å². The van der Waals surface area contributed by atoms with Crippen molar-refractivity contribution in [3.05, 3.63) is 89.2 Å². The van der Waals surface area contributed by atoms with Crippen LogP contribution in [0.25, 0.3) is 28.2 Å². The molecule has 0 amide bonds. The highest BCUT2D eigenvalue weighted by atomic mass is 35.5. The fourth-order valence-electron chi connectivity index (χ4n) is 3.29. The van der Waals surface area contributed by atoms with E-state index in [1.54, 1.807) is 12.3 Å². The molecular formula is C23H20Cl2N4. The smallest absolute Gasteiger partial charge is 0.144 e. The zero-order valence-electron chi connectivity index (χ0n) is 15.6. The molecule has 0 aliphatic carbocycles. The molecule has 0 saturated carbocycles. The molecule has 0 saturated heterocycles. The number of imidazole rings is 1. The van der Waals surface area contributed by atoms with E-state index in [-0.39, 0.29) is 0 Å². The van der Waals surface area contributed by atoms with Crippen molar-refractivity contribution < 1.29 is 0 Å². The third-order valence-electron chi connectivity index (χ3n) is 4.62. The van der Waals surface area contributed by atoms with Crippen molar-refractivity contribution in [3.8, 4) is 28.2 Å². The Morgan fingerprint density at radius 2 is 1.76 bits per heavy atom. The van der Waals surface area contributed by atoms with E-state index >= 15 is 0 Å². The van der Waals surface area contributed by atoms with Gasteiger partial charge < -0.3 is 11.1 Å². The Morgan fingerprint density at radius 3 is 2.52 bits per heavy atom. The number of nitrogens with one attached hydrogen (secondary N) is 1. The lowest BCUT2D eigenvalue weighted by Crippen LogP contribution is -2.13. The highest BCUT2D eigenvalue weighted by molar-refractivity contribution is 6.36. The first-order valence-corrected chi connectivity index (χ1v) is 10.1. The summed E-state index contributed by atoms with van der Waals surface area (Å²) in [5.41, 5.74) is 10.5. The number of halogens is 2. The second kappa shape index (κ2) is 8.70. The molecule has 0 unspecified atom stereocenters. The van der Waals surface area contributed by atoms with E-state index < -0.39 is 0 Å². The summed E-state index contributed by atoms with van der Waals surface area (Å²) in [6.45, 7) is 1.24. The van der Waals surface area contributed by atoms with Gasteiger partial charge in [-0.1, -0.05) is 59.6 Å². The average molecular weight is 423 g/mol. The fourth-order valence-corrected chi connectivity index (χ4v) is 3.81. The summed E-state index contributed by atoms with van der Waals surface area (Å²) in [5, 5.41) is 4.53. The van der Waals surface area contributed by atoms with Gasteiger partial charge in [-0.25, -0.2) is 4.98 Å². The van der Waals surface area contributed by atoms with Gasteiger partial charge in [0.2, 0.25) is 0 Å². The van der Waals surface area contributed by atoms with Gasteiger partial charge in [-0.05, 0) is 30.3 Å². The summed E-state index contributed by atoms with van der Waals surface area (Å²) in [4.78, 5) is 4.58. The Balaban J connectivity index is 1.89. The lowest BCUT2D eigenvalue weighted by atomic mass is 10.0. The van der Waals surface area contributed by atoms with E-state index in [9.17, 15) is 0 Å². The third kappa shape index (κ3) is 4.15. The molecule has 1 heterocycles. The van der Waals surface area contributed by atoms with Gasteiger partial charge in [-0.15, -0.1) is 0 Å². The van der Waals surface area contributed by atoms with Gasteiger partial charge in [-0.3, -0.25) is 4.57 Å². The molecule has 3 aromatic carbocycles. The Kier molecular flexibility index (Phi) is 5.86. The zero-order chi connectivity index (χ0) is 20.2. The van der Waals surface area contributed by atoms with Crippen LogP contribution in [0.15, 0.2) is 79.1 Å². The largest absolute Gasteiger partial charge is 0.384 e. The van der Waals surface area contributed by atoms with Crippen LogP contribution in [-0.4, -0.2) is 22.6 Å². The number of nitrogens with two attached hydrogens (primary N) is 1. The summed E-state index contributed by atoms with van der Waals surface area (Å²) in [5.74, 6) is 0.861. The second-order valence-corrected chi connectivity index (χ2v) is 7.40. The number of aromatic nitrogens is 2. The van der Waals surface area contributed by atoms with Crippen LogP contribution in [0.3, 0.4) is 0 Å². The van der Waals surface area contributed by atoms with Crippen LogP contribution in [0.2, 0.25) is 10.0 Å². The van der Waals surface area contributed by atoms with E-state index in [0.717, 1.165) is 33.9 Å². The van der Waals surface area contributed by atoms with E-state index in [2.05, 4.69) is 27.0 Å². The number of benzene rings is 3. The topological polar surface area (TPSA) is 55.9 Å². The number of hydrogen-bond acceptors (Lipinski definition) is 3. The number of nitrogens with zero attached hydrogens (tertiary/aromatic N) is 2. The summed E-state index contributed by atoms with van der Waals surface area (Å²) in [6, 6.07) is 21.8. The standard InChI is InChI=1S/C23H20Cl2N4/c24-17-6-8-19(21(25)14-17)20-15-18(27-11-10-26)7-9-22(20)29-13-12-28-23(29)16-4-2-1-3-5-16/h1-9,12-15,27H,10-11,26H2. The number of hydrogen-bond donors (Lipinski definition) is 2. The van der Waals surface area contributed by atoms with E-state index in [1.165, 1.54) is 0 Å². The van der Waals surface area contributed by atoms with Gasteiger partial charge in [0, 0.05) is 57.9 Å². The quantitative estimate of drug-likeness (QED) is 0.407. The van der Waals surface area contributed by atoms with Gasteiger partial charge in [0.15, 0.2) is 0 Å². The third-order valence-corrected chi connectivity index (χ3v) is 5.17. The van der Waals surface area contributed by atoms with Crippen LogP contribution in [0.4, 0.5) is 5.69 Å². The fraction of sp³-hybridized carbons (Fsp3) is 0.0870. The van der Waals surface area contributed by atoms with Gasteiger partial charge in [0.05, 0.1) is 5.69 Å². The van der Waals surface area contributed by atoms with Crippen molar-refractivity contribution in [2.24, 2.45) is 5.73 Å². The summed E-state index contributed by atoms with van der Waals surface area (Å²) < 4.78 is 2.07. The van der Waals surface area contributed by atoms with Crippen molar-refractivity contribution in [1.82, 2.24) is 9.55 Å². The minimum Gasteiger partial charge on any atom is -0.384 e. The Labute approximate surface area is 179 Å². The number of rotatable bonds is 6. The van der Waals surface area contributed by atoms with Crippen molar-refractivity contribution in [2.75, 3.05) is 18.4 Å². The molecule has 146 valence electrons. The highest BCUT2D eigenvalue weighted by Crippen LogP contribution is 2.37. The van der Waals surface area contributed by atoms with Gasteiger partial charge in [0.1, 0.15) is 5.82 Å². The van der Waals surface area contributed by atoms with Crippen molar-refractivity contribution >= 4 is 28.9 Å². The summed E-state index contributed by atoms with van der Waals surface area (Å²) in [7, 11) is 0. The van der Waals surface area contributed by atoms with Crippen molar-refractivity contribution in [2.45, 2.75) is 0 Å². The minimum atomic E-state index is 0.554. The number of anilines is 1. The first-order valence-electron chi connectivity index (χ1n) is 9.30. The molecule has 29 heavy (non-hydrogen) atoms. The van der Waals surface area contributed by atoms with Gasteiger partial charge >= 0.3 is 0 Å². The second-order valence-electron chi connectivity index (χ2n) is 6.56. The molecule has 3 N–H and O–H groups in total. The SMILES string of the molecule is NCCNc1ccc(-n2ccnc2-c2ccccc2)c(-c2ccc(Cl)cc2Cl)c1. The van der Waals surface area contributed by atoms with Crippen LogP contribution in [0, 0.1) is 0 Å². The first-order chi connectivity index (χ1) is 14.2. The zero-order valence-corrected chi connectivity index (χ0v) is 17.2. The molecule has 0 aliphatic rings. The minimum absolute atomic E-state index is 0.554. The Bertz CT molecular complexity index is 1120. The van der Waals surface area contributed by atoms with E-state index in [0.29, 0.717) is 23.1 Å². The predicted octanol–water partition coefficient (Wildman–Crippen LogP) is 5.88. The molecule has 6 heteroatoms.